The number of halogens is 1. The predicted octanol–water partition coefficient (Wildman–Crippen LogP) is 2.48. The zero-order valence-corrected chi connectivity index (χ0v) is 11.7. The molecule has 0 saturated carbocycles. The van der Waals surface area contributed by atoms with Crippen molar-refractivity contribution in [2.45, 2.75) is 24.9 Å². The molecular weight excluding hydrogens is 247 g/mol. The molecular formula is C14H21FN2S. The SMILES string of the molecule is CN(Cc1ccc(F)cc1)C1(CN)CCSCC1. The van der Waals surface area contributed by atoms with Crippen LogP contribution in [0.25, 0.3) is 0 Å². The van der Waals surface area contributed by atoms with Gasteiger partial charge in [-0.2, -0.15) is 11.8 Å². The average Bonchev–Trinajstić information content (AvgIpc) is 2.42. The number of nitrogens with two attached hydrogens (primary N) is 1. The molecule has 0 amide bonds. The highest BCUT2D eigenvalue weighted by molar-refractivity contribution is 7.99. The number of hydrogen-bond acceptors (Lipinski definition) is 3. The summed E-state index contributed by atoms with van der Waals surface area (Å²) in [6.07, 6.45) is 2.29. The molecule has 2 N–H and O–H groups in total. The standard InChI is InChI=1S/C14H21FN2S/c1-17(10-12-2-4-13(15)5-3-12)14(11-16)6-8-18-9-7-14/h2-5H,6-11,16H2,1H3. The third-order valence-electron chi connectivity index (χ3n) is 3.95. The Bertz CT molecular complexity index is 374. The van der Waals surface area contributed by atoms with Crippen LogP contribution in [0.1, 0.15) is 18.4 Å². The maximum Gasteiger partial charge on any atom is 0.123 e. The lowest BCUT2D eigenvalue weighted by Crippen LogP contribution is -2.53. The molecule has 0 spiro atoms. The normalized spacial score (nSPS) is 19.1. The molecule has 0 atom stereocenters. The molecule has 2 nitrogen and oxygen atoms in total. The molecule has 0 unspecified atom stereocenters. The molecule has 0 aliphatic carbocycles. The summed E-state index contributed by atoms with van der Waals surface area (Å²) in [6, 6.07) is 6.76. The first-order valence-electron chi connectivity index (χ1n) is 6.40. The molecule has 0 aromatic heterocycles. The summed E-state index contributed by atoms with van der Waals surface area (Å²) in [5.74, 6) is 2.19. The van der Waals surface area contributed by atoms with Crippen molar-refractivity contribution < 1.29 is 4.39 Å². The highest BCUT2D eigenvalue weighted by Crippen LogP contribution is 2.31. The monoisotopic (exact) mass is 268 g/mol. The molecule has 1 aliphatic rings. The van der Waals surface area contributed by atoms with Gasteiger partial charge in [-0.1, -0.05) is 12.1 Å². The average molecular weight is 268 g/mol. The number of likely N-dealkylation sites (N-methyl/N-ethyl adjacent to an activating group) is 1. The second-order valence-electron chi connectivity index (χ2n) is 5.02. The van der Waals surface area contributed by atoms with E-state index >= 15 is 0 Å². The second kappa shape index (κ2) is 6.04. The molecule has 1 fully saturated rings. The smallest absolute Gasteiger partial charge is 0.123 e. The van der Waals surface area contributed by atoms with Gasteiger partial charge < -0.3 is 5.73 Å². The van der Waals surface area contributed by atoms with Crippen molar-refractivity contribution in [3.63, 3.8) is 0 Å². The summed E-state index contributed by atoms with van der Waals surface area (Å²) >= 11 is 2.01. The van der Waals surface area contributed by atoms with Crippen LogP contribution in [0.15, 0.2) is 24.3 Å². The molecule has 1 saturated heterocycles. The number of hydrogen-bond donors (Lipinski definition) is 1. The molecule has 1 aliphatic heterocycles. The molecule has 1 aromatic carbocycles. The van der Waals surface area contributed by atoms with Crippen molar-refractivity contribution >= 4 is 11.8 Å². The Balaban J connectivity index is 2.05. The van der Waals surface area contributed by atoms with Gasteiger partial charge in [-0.3, -0.25) is 4.90 Å². The second-order valence-corrected chi connectivity index (χ2v) is 6.25. The summed E-state index contributed by atoms with van der Waals surface area (Å²) < 4.78 is 12.9. The first kappa shape index (κ1) is 13.8. The summed E-state index contributed by atoms with van der Waals surface area (Å²) in [7, 11) is 2.13. The van der Waals surface area contributed by atoms with E-state index < -0.39 is 0 Å². The Morgan fingerprint density at radius 3 is 2.44 bits per heavy atom. The minimum Gasteiger partial charge on any atom is -0.329 e. The van der Waals surface area contributed by atoms with Crippen molar-refractivity contribution in [3.8, 4) is 0 Å². The minimum atomic E-state index is -0.177. The van der Waals surface area contributed by atoms with Crippen molar-refractivity contribution in [2.24, 2.45) is 5.73 Å². The third kappa shape index (κ3) is 3.05. The van der Waals surface area contributed by atoms with Crippen LogP contribution in [0.2, 0.25) is 0 Å². The molecule has 1 heterocycles. The molecule has 0 bridgehead atoms. The van der Waals surface area contributed by atoms with Crippen LogP contribution in [0, 0.1) is 5.82 Å². The molecule has 4 heteroatoms. The van der Waals surface area contributed by atoms with Gasteiger partial charge >= 0.3 is 0 Å². The van der Waals surface area contributed by atoms with Crippen LogP contribution < -0.4 is 5.73 Å². The van der Waals surface area contributed by atoms with E-state index in [4.69, 9.17) is 5.73 Å². The number of thioether (sulfide) groups is 1. The van der Waals surface area contributed by atoms with E-state index in [0.29, 0.717) is 6.54 Å². The Morgan fingerprint density at radius 2 is 1.89 bits per heavy atom. The zero-order valence-electron chi connectivity index (χ0n) is 10.9. The Morgan fingerprint density at radius 1 is 1.28 bits per heavy atom. The van der Waals surface area contributed by atoms with Gasteiger partial charge in [0.2, 0.25) is 0 Å². The van der Waals surface area contributed by atoms with E-state index in [1.807, 2.05) is 23.9 Å². The fourth-order valence-corrected chi connectivity index (χ4v) is 3.78. The fraction of sp³-hybridized carbons (Fsp3) is 0.571. The van der Waals surface area contributed by atoms with Gasteiger partial charge in [-0.25, -0.2) is 4.39 Å². The fourth-order valence-electron chi connectivity index (χ4n) is 2.52. The van der Waals surface area contributed by atoms with E-state index in [2.05, 4.69) is 11.9 Å². The van der Waals surface area contributed by atoms with Crippen LogP contribution in [-0.2, 0) is 6.54 Å². The number of benzene rings is 1. The first-order valence-corrected chi connectivity index (χ1v) is 7.55. The quantitative estimate of drug-likeness (QED) is 0.909. The summed E-state index contributed by atoms with van der Waals surface area (Å²) in [5.41, 5.74) is 7.27. The molecule has 0 radical (unpaired) electrons. The molecule has 18 heavy (non-hydrogen) atoms. The Hall–Kier alpha value is -0.580. The van der Waals surface area contributed by atoms with Crippen LogP contribution in [-0.4, -0.2) is 35.5 Å². The van der Waals surface area contributed by atoms with E-state index in [-0.39, 0.29) is 11.4 Å². The lowest BCUT2D eigenvalue weighted by atomic mass is 9.90. The van der Waals surface area contributed by atoms with Crippen molar-refractivity contribution in [2.75, 3.05) is 25.1 Å². The number of rotatable bonds is 4. The third-order valence-corrected chi connectivity index (χ3v) is 4.93. The maximum absolute atomic E-state index is 12.9. The van der Waals surface area contributed by atoms with Crippen molar-refractivity contribution in [1.82, 2.24) is 4.90 Å². The van der Waals surface area contributed by atoms with E-state index in [1.165, 1.54) is 23.6 Å². The lowest BCUT2D eigenvalue weighted by Gasteiger charge is -2.44. The topological polar surface area (TPSA) is 29.3 Å². The largest absolute Gasteiger partial charge is 0.329 e. The molecule has 100 valence electrons. The van der Waals surface area contributed by atoms with Gasteiger partial charge in [-0.15, -0.1) is 0 Å². The van der Waals surface area contributed by atoms with Gasteiger partial charge in [0.05, 0.1) is 0 Å². The zero-order chi connectivity index (χ0) is 13.0. The Kier molecular flexibility index (Phi) is 4.65. The first-order chi connectivity index (χ1) is 8.66. The summed E-state index contributed by atoms with van der Waals surface area (Å²) in [4.78, 5) is 2.35. The van der Waals surface area contributed by atoms with E-state index in [9.17, 15) is 4.39 Å². The van der Waals surface area contributed by atoms with Crippen LogP contribution in [0.4, 0.5) is 4.39 Å². The van der Waals surface area contributed by atoms with Crippen LogP contribution >= 0.6 is 11.8 Å². The van der Waals surface area contributed by atoms with Gasteiger partial charge in [0.25, 0.3) is 0 Å². The van der Waals surface area contributed by atoms with Gasteiger partial charge in [0.1, 0.15) is 5.82 Å². The van der Waals surface area contributed by atoms with E-state index in [0.717, 1.165) is 24.9 Å². The van der Waals surface area contributed by atoms with Crippen molar-refractivity contribution in [3.05, 3.63) is 35.6 Å². The van der Waals surface area contributed by atoms with Gasteiger partial charge in [-0.05, 0) is 49.1 Å². The summed E-state index contributed by atoms with van der Waals surface area (Å²) in [5, 5.41) is 0. The summed E-state index contributed by atoms with van der Waals surface area (Å²) in [6.45, 7) is 1.54. The Labute approximate surface area is 113 Å². The maximum atomic E-state index is 12.9. The van der Waals surface area contributed by atoms with Crippen LogP contribution in [0.5, 0.6) is 0 Å². The molecule has 2 rings (SSSR count). The van der Waals surface area contributed by atoms with Gasteiger partial charge in [0, 0.05) is 18.6 Å². The highest BCUT2D eigenvalue weighted by Gasteiger charge is 2.34. The minimum absolute atomic E-state index is 0.125. The van der Waals surface area contributed by atoms with Crippen molar-refractivity contribution in [1.29, 1.82) is 0 Å². The lowest BCUT2D eigenvalue weighted by molar-refractivity contribution is 0.107. The number of nitrogens with zero attached hydrogens (tertiary/aromatic N) is 1. The highest BCUT2D eigenvalue weighted by atomic mass is 32.2. The van der Waals surface area contributed by atoms with Crippen LogP contribution in [0.3, 0.4) is 0 Å². The van der Waals surface area contributed by atoms with Gasteiger partial charge in [0.15, 0.2) is 0 Å². The molecule has 1 aromatic rings. The predicted molar refractivity (Wildman–Crippen MR) is 76.2 cm³/mol. The van der Waals surface area contributed by atoms with E-state index in [1.54, 1.807) is 0 Å².